The van der Waals surface area contributed by atoms with Crippen molar-refractivity contribution in [1.29, 1.82) is 0 Å². The van der Waals surface area contributed by atoms with Gasteiger partial charge in [-0.3, -0.25) is 0 Å². The van der Waals surface area contributed by atoms with Crippen LogP contribution in [-0.2, 0) is 10.2 Å². The monoisotopic (exact) mass is 180 g/mol. The van der Waals surface area contributed by atoms with Crippen molar-refractivity contribution in [3.63, 3.8) is 0 Å². The molecule has 11 heavy (non-hydrogen) atoms. The summed E-state index contributed by atoms with van der Waals surface area (Å²) in [6, 6.07) is 0. The SMILES string of the molecule is CC(C1CCCC1)S(=O)(=O)F. The molecule has 0 N–H and O–H groups in total. The van der Waals surface area contributed by atoms with E-state index in [1.807, 2.05) is 0 Å². The maximum atomic E-state index is 12.4. The van der Waals surface area contributed by atoms with Crippen LogP contribution in [0.15, 0.2) is 0 Å². The first-order chi connectivity index (χ1) is 5.02. The van der Waals surface area contributed by atoms with E-state index in [1.54, 1.807) is 0 Å². The third-order valence-electron chi connectivity index (χ3n) is 2.51. The topological polar surface area (TPSA) is 34.1 Å². The van der Waals surface area contributed by atoms with E-state index < -0.39 is 15.5 Å². The Hall–Kier alpha value is -0.120. The Morgan fingerprint density at radius 2 is 1.82 bits per heavy atom. The molecule has 0 bridgehead atoms. The van der Waals surface area contributed by atoms with Crippen molar-refractivity contribution in [1.82, 2.24) is 0 Å². The average molecular weight is 180 g/mol. The predicted octanol–water partition coefficient (Wildman–Crippen LogP) is 1.86. The van der Waals surface area contributed by atoms with Crippen molar-refractivity contribution in [3.8, 4) is 0 Å². The molecule has 1 aliphatic carbocycles. The molecule has 0 amide bonds. The molecule has 0 heterocycles. The van der Waals surface area contributed by atoms with Crippen LogP contribution in [0.1, 0.15) is 32.6 Å². The van der Waals surface area contributed by atoms with Crippen LogP contribution < -0.4 is 0 Å². The Labute approximate surface area is 67.0 Å². The second kappa shape index (κ2) is 3.09. The van der Waals surface area contributed by atoms with E-state index in [-0.39, 0.29) is 5.92 Å². The van der Waals surface area contributed by atoms with Crippen molar-refractivity contribution in [3.05, 3.63) is 0 Å². The molecule has 2 nitrogen and oxygen atoms in total. The molecule has 0 aromatic carbocycles. The summed E-state index contributed by atoms with van der Waals surface area (Å²) in [6.45, 7) is 1.46. The first-order valence-electron chi connectivity index (χ1n) is 3.95. The molecular formula is C7H13FO2S. The summed E-state index contributed by atoms with van der Waals surface area (Å²) in [5.41, 5.74) is 0. The lowest BCUT2D eigenvalue weighted by molar-refractivity contribution is 0.474. The van der Waals surface area contributed by atoms with Gasteiger partial charge in [-0.1, -0.05) is 12.8 Å². The fourth-order valence-electron chi connectivity index (χ4n) is 1.66. The van der Waals surface area contributed by atoms with Crippen LogP contribution in [0.25, 0.3) is 0 Å². The lowest BCUT2D eigenvalue weighted by Gasteiger charge is -2.13. The molecule has 0 spiro atoms. The second-order valence-electron chi connectivity index (χ2n) is 3.23. The van der Waals surface area contributed by atoms with Gasteiger partial charge in [-0.05, 0) is 25.7 Å². The molecule has 1 unspecified atom stereocenters. The van der Waals surface area contributed by atoms with E-state index in [9.17, 15) is 12.3 Å². The summed E-state index contributed by atoms with van der Waals surface area (Å²) in [5, 5.41) is -0.787. The zero-order chi connectivity index (χ0) is 8.48. The van der Waals surface area contributed by atoms with Crippen LogP contribution in [-0.4, -0.2) is 13.7 Å². The molecule has 1 aliphatic rings. The molecule has 0 radical (unpaired) electrons. The Kier molecular flexibility index (Phi) is 2.52. The summed E-state index contributed by atoms with van der Waals surface area (Å²) in [5.74, 6) is 0.0602. The van der Waals surface area contributed by atoms with Gasteiger partial charge in [0.2, 0.25) is 0 Å². The van der Waals surface area contributed by atoms with Gasteiger partial charge in [0, 0.05) is 0 Å². The Morgan fingerprint density at radius 1 is 1.36 bits per heavy atom. The first-order valence-corrected chi connectivity index (χ1v) is 5.40. The van der Waals surface area contributed by atoms with Gasteiger partial charge in [-0.15, -0.1) is 3.89 Å². The Balaban J connectivity index is 2.60. The normalized spacial score (nSPS) is 23.8. The Morgan fingerprint density at radius 3 is 2.18 bits per heavy atom. The van der Waals surface area contributed by atoms with E-state index in [2.05, 4.69) is 0 Å². The van der Waals surface area contributed by atoms with E-state index in [0.717, 1.165) is 25.7 Å². The third-order valence-corrected chi connectivity index (χ3v) is 3.78. The molecule has 66 valence electrons. The van der Waals surface area contributed by atoms with Gasteiger partial charge in [0.1, 0.15) is 0 Å². The largest absolute Gasteiger partial charge is 0.305 e. The Bertz CT molecular complexity index is 217. The number of halogens is 1. The van der Waals surface area contributed by atoms with Crippen LogP contribution >= 0.6 is 0 Å². The molecule has 4 heteroatoms. The zero-order valence-corrected chi connectivity index (χ0v) is 7.40. The van der Waals surface area contributed by atoms with Crippen molar-refractivity contribution in [2.45, 2.75) is 37.9 Å². The van der Waals surface area contributed by atoms with E-state index in [4.69, 9.17) is 0 Å². The summed E-state index contributed by atoms with van der Waals surface area (Å²) < 4.78 is 33.3. The highest BCUT2D eigenvalue weighted by molar-refractivity contribution is 7.87. The van der Waals surface area contributed by atoms with Crippen LogP contribution in [0.4, 0.5) is 3.89 Å². The van der Waals surface area contributed by atoms with Gasteiger partial charge in [0.25, 0.3) is 0 Å². The summed E-state index contributed by atoms with van der Waals surface area (Å²) in [4.78, 5) is 0. The highest BCUT2D eigenvalue weighted by Gasteiger charge is 2.30. The molecule has 0 aromatic heterocycles. The standard InChI is InChI=1S/C7H13FO2S/c1-6(11(8,9)10)7-4-2-3-5-7/h6-7H,2-5H2,1H3. The van der Waals surface area contributed by atoms with Crippen molar-refractivity contribution >= 4 is 10.2 Å². The van der Waals surface area contributed by atoms with Gasteiger partial charge >= 0.3 is 10.2 Å². The summed E-state index contributed by atoms with van der Waals surface area (Å²) >= 11 is 0. The highest BCUT2D eigenvalue weighted by Crippen LogP contribution is 2.31. The maximum Gasteiger partial charge on any atom is 0.305 e. The third kappa shape index (κ3) is 2.15. The smallest absolute Gasteiger partial charge is 0.195 e. The first kappa shape index (κ1) is 8.97. The molecule has 1 atom stereocenters. The summed E-state index contributed by atoms with van der Waals surface area (Å²) in [7, 11) is -4.29. The number of hydrogen-bond acceptors (Lipinski definition) is 2. The lowest BCUT2D eigenvalue weighted by Crippen LogP contribution is -2.21. The molecule has 1 fully saturated rings. The van der Waals surface area contributed by atoms with Crippen LogP contribution in [0.3, 0.4) is 0 Å². The second-order valence-corrected chi connectivity index (χ2v) is 4.92. The quantitative estimate of drug-likeness (QED) is 0.608. The van der Waals surface area contributed by atoms with Crippen LogP contribution in [0, 0.1) is 5.92 Å². The fraction of sp³-hybridized carbons (Fsp3) is 1.00. The minimum Gasteiger partial charge on any atom is -0.195 e. The molecule has 0 aliphatic heterocycles. The van der Waals surface area contributed by atoms with Gasteiger partial charge in [0.05, 0.1) is 5.25 Å². The van der Waals surface area contributed by atoms with Crippen LogP contribution in [0.2, 0.25) is 0 Å². The van der Waals surface area contributed by atoms with Crippen molar-refractivity contribution in [2.24, 2.45) is 5.92 Å². The molecule has 1 saturated carbocycles. The number of hydrogen-bond donors (Lipinski definition) is 0. The lowest BCUT2D eigenvalue weighted by atomic mass is 10.1. The van der Waals surface area contributed by atoms with Crippen LogP contribution in [0.5, 0.6) is 0 Å². The van der Waals surface area contributed by atoms with E-state index in [0.29, 0.717) is 0 Å². The van der Waals surface area contributed by atoms with Gasteiger partial charge in [-0.2, -0.15) is 8.42 Å². The van der Waals surface area contributed by atoms with E-state index in [1.165, 1.54) is 6.92 Å². The van der Waals surface area contributed by atoms with Gasteiger partial charge < -0.3 is 0 Å². The van der Waals surface area contributed by atoms with E-state index >= 15 is 0 Å². The minimum atomic E-state index is -4.29. The highest BCUT2D eigenvalue weighted by atomic mass is 32.3. The minimum absolute atomic E-state index is 0.0602. The van der Waals surface area contributed by atoms with Gasteiger partial charge in [0.15, 0.2) is 0 Å². The van der Waals surface area contributed by atoms with Crippen molar-refractivity contribution in [2.75, 3.05) is 0 Å². The summed E-state index contributed by atoms with van der Waals surface area (Å²) in [6.07, 6.45) is 3.82. The number of rotatable bonds is 2. The van der Waals surface area contributed by atoms with Crippen molar-refractivity contribution < 1.29 is 12.3 Å². The molecule has 1 rings (SSSR count). The fourth-order valence-corrected chi connectivity index (χ4v) is 2.39. The maximum absolute atomic E-state index is 12.4. The molecule has 0 saturated heterocycles. The predicted molar refractivity (Wildman–Crippen MR) is 41.4 cm³/mol. The zero-order valence-electron chi connectivity index (χ0n) is 6.59. The molecule has 0 aromatic rings. The average Bonchev–Trinajstić information content (AvgIpc) is 2.34. The molecular weight excluding hydrogens is 167 g/mol. The van der Waals surface area contributed by atoms with Gasteiger partial charge in [-0.25, -0.2) is 0 Å².